The molecule has 0 bridgehead atoms. The van der Waals surface area contributed by atoms with Crippen molar-refractivity contribution in [3.63, 3.8) is 0 Å². The molecule has 8 heteroatoms. The summed E-state index contributed by atoms with van der Waals surface area (Å²) in [4.78, 5) is 23.2. The van der Waals surface area contributed by atoms with Crippen molar-refractivity contribution in [1.29, 1.82) is 0 Å². The number of aryl methyl sites for hydroxylation is 2. The van der Waals surface area contributed by atoms with E-state index in [9.17, 15) is 4.39 Å². The summed E-state index contributed by atoms with van der Waals surface area (Å²) in [7, 11) is 0. The standard InChI is InChI=1S/C25H18FN7/c26-18-12-9-17(10-13-18)11-14-23-29-24(32-15-27-19-5-1-3-7-21(19)32)31-25(30-23)33-16-28-20-6-2-4-8-22(20)33/h1-10,12-13,15-16H,11,14H2. The van der Waals surface area contributed by atoms with Crippen molar-refractivity contribution < 1.29 is 4.39 Å². The average molecular weight is 435 g/mol. The fourth-order valence-electron chi connectivity index (χ4n) is 3.87. The van der Waals surface area contributed by atoms with Crippen molar-refractivity contribution in [2.75, 3.05) is 0 Å². The van der Waals surface area contributed by atoms with Gasteiger partial charge in [-0.3, -0.25) is 9.13 Å². The molecule has 0 fully saturated rings. The maximum absolute atomic E-state index is 13.3. The van der Waals surface area contributed by atoms with Gasteiger partial charge < -0.3 is 0 Å². The van der Waals surface area contributed by atoms with Gasteiger partial charge in [0.25, 0.3) is 0 Å². The molecule has 3 heterocycles. The number of fused-ring (bicyclic) bond motifs is 2. The molecule has 0 radical (unpaired) electrons. The zero-order valence-electron chi connectivity index (χ0n) is 17.5. The lowest BCUT2D eigenvalue weighted by atomic mass is 10.1. The van der Waals surface area contributed by atoms with E-state index < -0.39 is 0 Å². The van der Waals surface area contributed by atoms with E-state index in [1.165, 1.54) is 12.1 Å². The molecule has 7 nitrogen and oxygen atoms in total. The first-order valence-electron chi connectivity index (χ1n) is 10.6. The van der Waals surface area contributed by atoms with Crippen LogP contribution >= 0.6 is 0 Å². The number of para-hydroxylation sites is 4. The summed E-state index contributed by atoms with van der Waals surface area (Å²) in [6.07, 6.45) is 4.70. The fourth-order valence-corrected chi connectivity index (χ4v) is 3.87. The van der Waals surface area contributed by atoms with E-state index in [-0.39, 0.29) is 5.82 Å². The van der Waals surface area contributed by atoms with Gasteiger partial charge in [0.2, 0.25) is 11.9 Å². The van der Waals surface area contributed by atoms with E-state index in [1.54, 1.807) is 24.8 Å². The first-order valence-corrected chi connectivity index (χ1v) is 10.6. The summed E-state index contributed by atoms with van der Waals surface area (Å²) < 4.78 is 17.0. The van der Waals surface area contributed by atoms with Crippen LogP contribution in [0.5, 0.6) is 0 Å². The normalized spacial score (nSPS) is 11.4. The zero-order chi connectivity index (χ0) is 22.2. The lowest BCUT2D eigenvalue weighted by molar-refractivity contribution is 0.627. The summed E-state index contributed by atoms with van der Waals surface area (Å²) in [6, 6.07) is 22.2. The molecule has 0 saturated carbocycles. The van der Waals surface area contributed by atoms with Crippen molar-refractivity contribution in [3.05, 3.63) is 103 Å². The molecule has 6 aromatic rings. The summed E-state index contributed by atoms with van der Waals surface area (Å²) in [5.41, 5.74) is 4.56. The highest BCUT2D eigenvalue weighted by atomic mass is 19.1. The Kier molecular flexibility index (Phi) is 4.61. The maximum Gasteiger partial charge on any atom is 0.240 e. The number of rotatable bonds is 5. The number of hydrogen-bond acceptors (Lipinski definition) is 5. The second-order valence-electron chi connectivity index (χ2n) is 7.68. The summed E-state index contributed by atoms with van der Waals surface area (Å²) >= 11 is 0. The van der Waals surface area contributed by atoms with Crippen LogP contribution in [-0.4, -0.2) is 34.1 Å². The topological polar surface area (TPSA) is 74.3 Å². The van der Waals surface area contributed by atoms with Gasteiger partial charge in [0.1, 0.15) is 24.3 Å². The molecule has 0 saturated heterocycles. The lowest BCUT2D eigenvalue weighted by Gasteiger charge is -2.10. The Hall–Kier alpha value is -4.46. The van der Waals surface area contributed by atoms with Gasteiger partial charge >= 0.3 is 0 Å². The molecule has 0 N–H and O–H groups in total. The Morgan fingerprint density at radius 2 is 1.15 bits per heavy atom. The van der Waals surface area contributed by atoms with Crippen LogP contribution in [0.15, 0.2) is 85.5 Å². The summed E-state index contributed by atoms with van der Waals surface area (Å²) in [6.45, 7) is 0. The van der Waals surface area contributed by atoms with Crippen LogP contribution in [0.25, 0.3) is 34.0 Å². The van der Waals surface area contributed by atoms with Crippen molar-refractivity contribution in [2.45, 2.75) is 12.8 Å². The average Bonchev–Trinajstić information content (AvgIpc) is 3.48. The van der Waals surface area contributed by atoms with Gasteiger partial charge in [0.05, 0.1) is 22.1 Å². The Morgan fingerprint density at radius 1 is 0.606 bits per heavy atom. The second-order valence-corrected chi connectivity index (χ2v) is 7.68. The molecule has 0 atom stereocenters. The van der Waals surface area contributed by atoms with Crippen LogP contribution in [-0.2, 0) is 12.8 Å². The molecule has 160 valence electrons. The minimum absolute atomic E-state index is 0.248. The Bertz CT molecular complexity index is 1490. The number of imidazole rings is 2. The molecule has 3 aromatic carbocycles. The van der Waals surface area contributed by atoms with E-state index in [0.717, 1.165) is 27.6 Å². The van der Waals surface area contributed by atoms with Gasteiger partial charge in [-0.25, -0.2) is 14.4 Å². The molecule has 0 aliphatic rings. The maximum atomic E-state index is 13.3. The lowest BCUT2D eigenvalue weighted by Crippen LogP contribution is -2.11. The molecule has 0 aliphatic heterocycles. The van der Waals surface area contributed by atoms with E-state index in [4.69, 9.17) is 15.0 Å². The van der Waals surface area contributed by atoms with Crippen LogP contribution in [0.1, 0.15) is 11.4 Å². The predicted octanol–water partition coefficient (Wildman–Crippen LogP) is 4.47. The number of hydrogen-bond donors (Lipinski definition) is 0. The molecule has 3 aromatic heterocycles. The SMILES string of the molecule is Fc1ccc(CCc2nc(-n3cnc4ccccc43)nc(-n3cnc4ccccc43)n2)cc1. The first kappa shape index (κ1) is 19.2. The highest BCUT2D eigenvalue weighted by Gasteiger charge is 2.14. The minimum Gasteiger partial charge on any atom is -0.267 e. The highest BCUT2D eigenvalue weighted by Crippen LogP contribution is 2.19. The van der Waals surface area contributed by atoms with Gasteiger partial charge in [-0.15, -0.1) is 0 Å². The van der Waals surface area contributed by atoms with E-state index in [2.05, 4.69) is 9.97 Å². The molecular formula is C25H18FN7. The van der Waals surface area contributed by atoms with Gasteiger partial charge in [-0.1, -0.05) is 36.4 Å². The van der Waals surface area contributed by atoms with E-state index >= 15 is 0 Å². The second kappa shape index (κ2) is 7.90. The van der Waals surface area contributed by atoms with Crippen LogP contribution in [0.3, 0.4) is 0 Å². The molecule has 6 rings (SSSR count). The summed E-state index contributed by atoms with van der Waals surface area (Å²) in [5, 5.41) is 0. The quantitative estimate of drug-likeness (QED) is 0.399. The Balaban J connectivity index is 1.46. The number of halogens is 1. The van der Waals surface area contributed by atoms with Crippen LogP contribution < -0.4 is 0 Å². The van der Waals surface area contributed by atoms with Crippen molar-refractivity contribution in [3.8, 4) is 11.9 Å². The highest BCUT2D eigenvalue weighted by molar-refractivity contribution is 5.77. The van der Waals surface area contributed by atoms with Crippen molar-refractivity contribution in [2.24, 2.45) is 0 Å². The van der Waals surface area contributed by atoms with Gasteiger partial charge in [0.15, 0.2) is 0 Å². The number of aromatic nitrogens is 7. The van der Waals surface area contributed by atoms with Gasteiger partial charge in [-0.2, -0.15) is 15.0 Å². The Morgan fingerprint density at radius 3 is 1.73 bits per heavy atom. The molecule has 0 unspecified atom stereocenters. The van der Waals surface area contributed by atoms with Crippen LogP contribution in [0.4, 0.5) is 4.39 Å². The van der Waals surface area contributed by atoms with Crippen molar-refractivity contribution in [1.82, 2.24) is 34.1 Å². The molecule has 33 heavy (non-hydrogen) atoms. The van der Waals surface area contributed by atoms with Gasteiger partial charge in [0, 0.05) is 6.42 Å². The number of nitrogens with zero attached hydrogens (tertiary/aromatic N) is 7. The molecule has 0 aliphatic carbocycles. The molecular weight excluding hydrogens is 417 g/mol. The zero-order valence-corrected chi connectivity index (χ0v) is 17.5. The molecule has 0 spiro atoms. The monoisotopic (exact) mass is 435 g/mol. The summed E-state index contributed by atoms with van der Waals surface area (Å²) in [5.74, 6) is 1.36. The largest absolute Gasteiger partial charge is 0.267 e. The smallest absolute Gasteiger partial charge is 0.240 e. The predicted molar refractivity (Wildman–Crippen MR) is 123 cm³/mol. The molecule has 0 amide bonds. The van der Waals surface area contributed by atoms with Crippen LogP contribution in [0, 0.1) is 5.82 Å². The van der Waals surface area contributed by atoms with Crippen LogP contribution in [0.2, 0.25) is 0 Å². The van der Waals surface area contributed by atoms with Gasteiger partial charge in [-0.05, 0) is 48.4 Å². The van der Waals surface area contributed by atoms with E-state index in [0.29, 0.717) is 30.6 Å². The third kappa shape index (κ3) is 3.61. The first-order chi connectivity index (χ1) is 16.2. The minimum atomic E-state index is -0.248. The third-order valence-electron chi connectivity index (χ3n) is 5.55. The van der Waals surface area contributed by atoms with E-state index in [1.807, 2.05) is 57.7 Å². The third-order valence-corrected chi connectivity index (χ3v) is 5.55. The Labute approximate surface area is 188 Å². The fraction of sp³-hybridized carbons (Fsp3) is 0.0800. The van der Waals surface area contributed by atoms with Crippen molar-refractivity contribution >= 4 is 22.1 Å². The number of benzene rings is 3.